The Morgan fingerprint density at radius 3 is 2.61 bits per heavy atom. The summed E-state index contributed by atoms with van der Waals surface area (Å²) in [6.07, 6.45) is 0. The first kappa shape index (κ1) is 14.8. The van der Waals surface area contributed by atoms with Crippen LogP contribution in [0.2, 0.25) is 0 Å². The molecular formula is C18H15NO4. The zero-order valence-corrected chi connectivity index (χ0v) is 12.3. The van der Waals surface area contributed by atoms with Gasteiger partial charge in [-0.05, 0) is 24.3 Å². The number of amides is 1. The maximum atomic E-state index is 12.1. The van der Waals surface area contributed by atoms with E-state index in [0.717, 1.165) is 5.75 Å². The number of nitrogens with one attached hydrogen (secondary N) is 1. The summed E-state index contributed by atoms with van der Waals surface area (Å²) in [7, 11) is 0. The van der Waals surface area contributed by atoms with Gasteiger partial charge in [0.25, 0.3) is 5.91 Å². The van der Waals surface area contributed by atoms with E-state index in [2.05, 4.69) is 5.32 Å². The fourth-order valence-corrected chi connectivity index (χ4v) is 2.15. The lowest BCUT2D eigenvalue weighted by Crippen LogP contribution is -2.28. The Kier molecular flexibility index (Phi) is 4.38. The molecule has 0 spiro atoms. The third-order valence-electron chi connectivity index (χ3n) is 3.26. The van der Waals surface area contributed by atoms with Crippen LogP contribution >= 0.6 is 0 Å². The van der Waals surface area contributed by atoms with Crippen LogP contribution in [0.3, 0.4) is 0 Å². The third kappa shape index (κ3) is 3.58. The van der Waals surface area contributed by atoms with Crippen molar-refractivity contribution in [1.29, 1.82) is 0 Å². The van der Waals surface area contributed by atoms with Crippen molar-refractivity contribution in [3.8, 4) is 5.75 Å². The highest BCUT2D eigenvalue weighted by atomic mass is 16.5. The average Bonchev–Trinajstić information content (AvgIpc) is 2.59. The molecule has 5 nitrogen and oxygen atoms in total. The van der Waals surface area contributed by atoms with Crippen molar-refractivity contribution in [2.45, 2.75) is 0 Å². The van der Waals surface area contributed by atoms with Gasteiger partial charge in [0.15, 0.2) is 11.2 Å². The highest BCUT2D eigenvalue weighted by Gasteiger charge is 2.11. The zero-order valence-electron chi connectivity index (χ0n) is 12.3. The summed E-state index contributed by atoms with van der Waals surface area (Å²) in [5.41, 5.74) is 0.156. The van der Waals surface area contributed by atoms with E-state index >= 15 is 0 Å². The quantitative estimate of drug-likeness (QED) is 0.736. The molecule has 23 heavy (non-hydrogen) atoms. The Morgan fingerprint density at radius 2 is 1.78 bits per heavy atom. The van der Waals surface area contributed by atoms with Gasteiger partial charge in [0.1, 0.15) is 17.9 Å². The van der Waals surface area contributed by atoms with E-state index in [0.29, 0.717) is 24.1 Å². The van der Waals surface area contributed by atoms with Crippen LogP contribution in [0.25, 0.3) is 11.0 Å². The highest BCUT2D eigenvalue weighted by Crippen LogP contribution is 2.11. The van der Waals surface area contributed by atoms with Crippen LogP contribution in [0.4, 0.5) is 0 Å². The van der Waals surface area contributed by atoms with Gasteiger partial charge < -0.3 is 14.5 Å². The van der Waals surface area contributed by atoms with Crippen molar-refractivity contribution >= 4 is 16.9 Å². The Balaban J connectivity index is 1.61. The maximum absolute atomic E-state index is 12.1. The molecule has 0 aliphatic rings. The molecule has 1 amide bonds. The minimum atomic E-state index is -0.440. The van der Waals surface area contributed by atoms with Crippen LogP contribution in [0.15, 0.2) is 69.9 Å². The van der Waals surface area contributed by atoms with Gasteiger partial charge in [0, 0.05) is 6.07 Å². The van der Waals surface area contributed by atoms with Crippen LogP contribution in [0.5, 0.6) is 5.75 Å². The lowest BCUT2D eigenvalue weighted by Gasteiger charge is -2.07. The van der Waals surface area contributed by atoms with Crippen LogP contribution in [-0.2, 0) is 0 Å². The molecule has 2 aromatic carbocycles. The maximum Gasteiger partial charge on any atom is 0.287 e. The molecule has 1 heterocycles. The SMILES string of the molecule is O=C(NCCOc1ccccc1)c1cc(=O)c2ccccc2o1. The summed E-state index contributed by atoms with van der Waals surface area (Å²) in [6, 6.07) is 17.3. The number of fused-ring (bicyclic) bond motifs is 1. The molecule has 1 N–H and O–H groups in total. The molecule has 0 bridgehead atoms. The molecule has 5 heteroatoms. The Hall–Kier alpha value is -3.08. The first-order chi connectivity index (χ1) is 11.2. The van der Waals surface area contributed by atoms with Crippen molar-refractivity contribution in [3.63, 3.8) is 0 Å². The second kappa shape index (κ2) is 6.79. The fourth-order valence-electron chi connectivity index (χ4n) is 2.15. The van der Waals surface area contributed by atoms with Crippen molar-refractivity contribution in [1.82, 2.24) is 5.32 Å². The number of hydrogen-bond acceptors (Lipinski definition) is 4. The van der Waals surface area contributed by atoms with Crippen LogP contribution < -0.4 is 15.5 Å². The van der Waals surface area contributed by atoms with Crippen LogP contribution in [0.1, 0.15) is 10.6 Å². The predicted molar refractivity (Wildman–Crippen MR) is 86.8 cm³/mol. The highest BCUT2D eigenvalue weighted by molar-refractivity contribution is 5.93. The van der Waals surface area contributed by atoms with E-state index in [1.54, 1.807) is 24.3 Å². The lowest BCUT2D eigenvalue weighted by atomic mass is 10.2. The van der Waals surface area contributed by atoms with Crippen LogP contribution in [-0.4, -0.2) is 19.1 Å². The van der Waals surface area contributed by atoms with E-state index in [4.69, 9.17) is 9.15 Å². The summed E-state index contributed by atoms with van der Waals surface area (Å²) in [6.45, 7) is 0.637. The second-order valence-electron chi connectivity index (χ2n) is 4.89. The number of hydrogen-bond donors (Lipinski definition) is 1. The van der Waals surface area contributed by atoms with Crippen molar-refractivity contribution in [2.75, 3.05) is 13.2 Å². The van der Waals surface area contributed by atoms with Gasteiger partial charge in [-0.2, -0.15) is 0 Å². The molecule has 3 aromatic rings. The number of ether oxygens (including phenoxy) is 1. The predicted octanol–water partition coefficient (Wildman–Crippen LogP) is 2.60. The van der Waals surface area contributed by atoms with Gasteiger partial charge in [0.2, 0.25) is 0 Å². The molecule has 1 aromatic heterocycles. The van der Waals surface area contributed by atoms with E-state index < -0.39 is 5.91 Å². The average molecular weight is 309 g/mol. The largest absolute Gasteiger partial charge is 0.492 e. The van der Waals surface area contributed by atoms with Gasteiger partial charge in [-0.1, -0.05) is 30.3 Å². The van der Waals surface area contributed by atoms with E-state index in [1.165, 1.54) is 6.07 Å². The van der Waals surface area contributed by atoms with Gasteiger partial charge in [-0.3, -0.25) is 9.59 Å². The number of benzene rings is 2. The van der Waals surface area contributed by atoms with Crippen LogP contribution in [0, 0.1) is 0 Å². The molecule has 0 saturated heterocycles. The molecule has 0 radical (unpaired) electrons. The van der Waals surface area contributed by atoms with Gasteiger partial charge >= 0.3 is 0 Å². The molecule has 0 aliphatic carbocycles. The molecule has 3 rings (SSSR count). The van der Waals surface area contributed by atoms with E-state index in [1.807, 2.05) is 30.3 Å². The second-order valence-corrected chi connectivity index (χ2v) is 4.89. The number of para-hydroxylation sites is 2. The topological polar surface area (TPSA) is 68.5 Å². The monoisotopic (exact) mass is 309 g/mol. The molecular weight excluding hydrogens is 294 g/mol. The molecule has 116 valence electrons. The summed E-state index contributed by atoms with van der Waals surface area (Å²) < 4.78 is 10.9. The molecule has 0 unspecified atom stereocenters. The Bertz CT molecular complexity index is 871. The van der Waals surface area contributed by atoms with E-state index in [-0.39, 0.29) is 11.2 Å². The van der Waals surface area contributed by atoms with Crippen molar-refractivity contribution in [3.05, 3.63) is 76.6 Å². The number of carbonyl (C=O) groups excluding carboxylic acids is 1. The minimum Gasteiger partial charge on any atom is -0.492 e. The molecule has 0 aliphatic heterocycles. The van der Waals surface area contributed by atoms with Crippen molar-refractivity contribution in [2.24, 2.45) is 0 Å². The van der Waals surface area contributed by atoms with Crippen molar-refractivity contribution < 1.29 is 13.9 Å². The molecule has 0 atom stereocenters. The number of rotatable bonds is 5. The first-order valence-corrected chi connectivity index (χ1v) is 7.23. The minimum absolute atomic E-state index is 0.00610. The summed E-state index contributed by atoms with van der Waals surface area (Å²) in [4.78, 5) is 24.0. The zero-order chi connectivity index (χ0) is 16.1. The smallest absolute Gasteiger partial charge is 0.287 e. The Labute approximate surface area is 132 Å². The molecule has 0 fully saturated rings. The number of carbonyl (C=O) groups is 1. The summed E-state index contributed by atoms with van der Waals surface area (Å²) >= 11 is 0. The fraction of sp³-hybridized carbons (Fsp3) is 0.111. The Morgan fingerprint density at radius 1 is 1.04 bits per heavy atom. The standard InChI is InChI=1S/C18H15NO4/c20-15-12-17(23-16-9-5-4-8-14(15)16)18(21)19-10-11-22-13-6-2-1-3-7-13/h1-9,12H,10-11H2,(H,19,21). The molecule has 0 saturated carbocycles. The van der Waals surface area contributed by atoms with Gasteiger partial charge in [-0.15, -0.1) is 0 Å². The summed E-state index contributed by atoms with van der Waals surface area (Å²) in [5, 5.41) is 3.12. The lowest BCUT2D eigenvalue weighted by molar-refractivity contribution is 0.0920. The third-order valence-corrected chi connectivity index (χ3v) is 3.26. The first-order valence-electron chi connectivity index (χ1n) is 7.23. The summed E-state index contributed by atoms with van der Waals surface area (Å²) in [5.74, 6) is 0.289. The van der Waals surface area contributed by atoms with Gasteiger partial charge in [-0.25, -0.2) is 0 Å². The normalized spacial score (nSPS) is 10.4. The van der Waals surface area contributed by atoms with Gasteiger partial charge in [0.05, 0.1) is 11.9 Å². The van der Waals surface area contributed by atoms with E-state index in [9.17, 15) is 9.59 Å².